The minimum atomic E-state index is 0.628. The predicted octanol–water partition coefficient (Wildman–Crippen LogP) is 11.4. The van der Waals surface area contributed by atoms with Gasteiger partial charge in [-0.15, -0.1) is 0 Å². The van der Waals surface area contributed by atoms with Crippen molar-refractivity contribution in [3.63, 3.8) is 0 Å². The van der Waals surface area contributed by atoms with Gasteiger partial charge in [-0.05, 0) is 90.0 Å². The highest BCUT2D eigenvalue weighted by molar-refractivity contribution is 6.29. The van der Waals surface area contributed by atoms with Crippen molar-refractivity contribution < 1.29 is 4.42 Å². The highest BCUT2D eigenvalue weighted by Crippen LogP contribution is 2.43. The Balaban J connectivity index is 1.27. The van der Waals surface area contributed by atoms with E-state index in [9.17, 15) is 0 Å². The van der Waals surface area contributed by atoms with Crippen LogP contribution in [0, 0.1) is 0 Å². The number of fused-ring (bicyclic) bond motifs is 8. The average molecular weight is 602 g/mol. The highest BCUT2D eigenvalue weighted by atomic mass is 16.3. The molecule has 47 heavy (non-hydrogen) atoms. The molecule has 0 amide bonds. The highest BCUT2D eigenvalue weighted by Gasteiger charge is 2.21. The Hall–Kier alpha value is -6.39. The van der Waals surface area contributed by atoms with Crippen LogP contribution in [0.1, 0.15) is 0 Å². The van der Waals surface area contributed by atoms with Gasteiger partial charge < -0.3 is 13.6 Å². The third-order valence-electron chi connectivity index (χ3n) is 9.35. The largest absolute Gasteiger partial charge is 0.436 e. The third kappa shape index (κ3) is 3.92. The van der Waals surface area contributed by atoms with E-state index >= 15 is 0 Å². The van der Waals surface area contributed by atoms with Gasteiger partial charge in [0.25, 0.3) is 0 Å². The molecule has 0 N–H and O–H groups in total. The van der Waals surface area contributed by atoms with Crippen molar-refractivity contribution >= 4 is 54.7 Å². The number of benzene rings is 7. The number of rotatable bonds is 4. The van der Waals surface area contributed by atoms with Gasteiger partial charge in [0.2, 0.25) is 5.89 Å². The van der Waals surface area contributed by atoms with Crippen LogP contribution in [0.25, 0.3) is 88.7 Å². The van der Waals surface area contributed by atoms with Crippen molar-refractivity contribution in [1.82, 2.24) is 14.1 Å². The SMILES string of the molecule is c1ccc(-c2ccc3c(c2)c2c4c5ccccc5n(-c5ccccc5)c4ccc2n3-c2ccc(-c3nc4ccccc4o3)cc2)cc1. The second kappa shape index (κ2) is 10.1. The lowest BCUT2D eigenvalue weighted by Gasteiger charge is -2.10. The van der Waals surface area contributed by atoms with Crippen LogP contribution in [0.3, 0.4) is 0 Å². The Morgan fingerprint density at radius 1 is 0.404 bits per heavy atom. The van der Waals surface area contributed by atoms with Crippen molar-refractivity contribution in [2.45, 2.75) is 0 Å². The molecule has 10 aromatic rings. The maximum absolute atomic E-state index is 6.09. The van der Waals surface area contributed by atoms with E-state index in [1.54, 1.807) is 0 Å². The van der Waals surface area contributed by atoms with Gasteiger partial charge in [0.1, 0.15) is 5.52 Å². The van der Waals surface area contributed by atoms with E-state index in [1.807, 2.05) is 24.3 Å². The second-order valence-electron chi connectivity index (χ2n) is 12.0. The van der Waals surface area contributed by atoms with Crippen LogP contribution in [0.5, 0.6) is 0 Å². The molecule has 0 saturated heterocycles. The van der Waals surface area contributed by atoms with Gasteiger partial charge >= 0.3 is 0 Å². The number of oxazole rings is 1. The first-order chi connectivity index (χ1) is 23.3. The first-order valence-corrected chi connectivity index (χ1v) is 15.9. The van der Waals surface area contributed by atoms with Crippen LogP contribution in [0.15, 0.2) is 168 Å². The molecule has 0 aliphatic rings. The molecule has 7 aromatic carbocycles. The van der Waals surface area contributed by atoms with E-state index in [-0.39, 0.29) is 0 Å². The summed E-state index contributed by atoms with van der Waals surface area (Å²) in [5.74, 6) is 0.628. The van der Waals surface area contributed by atoms with Crippen LogP contribution in [-0.2, 0) is 0 Å². The normalized spacial score (nSPS) is 11.8. The summed E-state index contributed by atoms with van der Waals surface area (Å²) in [6, 6.07) is 58.0. The van der Waals surface area contributed by atoms with Gasteiger partial charge in [0.15, 0.2) is 5.58 Å². The molecule has 0 aliphatic heterocycles. The van der Waals surface area contributed by atoms with E-state index in [4.69, 9.17) is 9.40 Å². The van der Waals surface area contributed by atoms with Crippen molar-refractivity contribution in [2.24, 2.45) is 0 Å². The first-order valence-electron chi connectivity index (χ1n) is 15.9. The summed E-state index contributed by atoms with van der Waals surface area (Å²) in [7, 11) is 0. The topological polar surface area (TPSA) is 35.9 Å². The van der Waals surface area contributed by atoms with Crippen molar-refractivity contribution in [2.75, 3.05) is 0 Å². The summed E-state index contributed by atoms with van der Waals surface area (Å²) in [4.78, 5) is 4.73. The van der Waals surface area contributed by atoms with E-state index < -0.39 is 0 Å². The quantitative estimate of drug-likeness (QED) is 0.201. The Bertz CT molecular complexity index is 2730. The van der Waals surface area contributed by atoms with Gasteiger partial charge in [0, 0.05) is 38.5 Å². The molecule has 4 heteroatoms. The van der Waals surface area contributed by atoms with E-state index in [0.717, 1.165) is 28.0 Å². The fraction of sp³-hybridized carbons (Fsp3) is 0. The summed E-state index contributed by atoms with van der Waals surface area (Å²) >= 11 is 0. The number of hydrogen-bond acceptors (Lipinski definition) is 2. The van der Waals surface area contributed by atoms with Gasteiger partial charge in [-0.1, -0.05) is 84.9 Å². The van der Waals surface area contributed by atoms with Gasteiger partial charge in [-0.3, -0.25) is 0 Å². The van der Waals surface area contributed by atoms with Gasteiger partial charge in [-0.25, -0.2) is 4.98 Å². The minimum absolute atomic E-state index is 0.628. The fourth-order valence-corrected chi connectivity index (χ4v) is 7.26. The van der Waals surface area contributed by atoms with E-state index in [0.29, 0.717) is 5.89 Å². The zero-order chi connectivity index (χ0) is 30.9. The second-order valence-corrected chi connectivity index (χ2v) is 12.0. The van der Waals surface area contributed by atoms with Crippen molar-refractivity contribution in [1.29, 1.82) is 0 Å². The lowest BCUT2D eigenvalue weighted by atomic mass is 10.0. The lowest BCUT2D eigenvalue weighted by Crippen LogP contribution is -1.95. The van der Waals surface area contributed by atoms with Gasteiger partial charge in [0.05, 0.1) is 22.1 Å². The predicted molar refractivity (Wildman–Crippen MR) is 194 cm³/mol. The fourth-order valence-electron chi connectivity index (χ4n) is 7.26. The molecule has 0 unspecified atom stereocenters. The molecule has 10 rings (SSSR count). The Kier molecular flexibility index (Phi) is 5.54. The van der Waals surface area contributed by atoms with Crippen LogP contribution in [-0.4, -0.2) is 14.1 Å². The summed E-state index contributed by atoms with van der Waals surface area (Å²) < 4.78 is 10.9. The van der Waals surface area contributed by atoms with E-state index in [2.05, 4.69) is 149 Å². The van der Waals surface area contributed by atoms with E-state index in [1.165, 1.54) is 54.7 Å². The smallest absolute Gasteiger partial charge is 0.227 e. The third-order valence-corrected chi connectivity index (χ3v) is 9.35. The van der Waals surface area contributed by atoms with Gasteiger partial charge in [-0.2, -0.15) is 0 Å². The maximum atomic E-state index is 6.09. The molecule has 0 bridgehead atoms. The monoisotopic (exact) mass is 601 g/mol. The molecular formula is C43H27N3O. The number of nitrogens with zero attached hydrogens (tertiary/aromatic N) is 3. The van der Waals surface area contributed by atoms with Crippen molar-refractivity contribution in [3.05, 3.63) is 164 Å². The molecule has 220 valence electrons. The summed E-state index contributed by atoms with van der Waals surface area (Å²) in [5.41, 5.74) is 12.0. The zero-order valence-corrected chi connectivity index (χ0v) is 25.3. The molecule has 0 aliphatic carbocycles. The van der Waals surface area contributed by atoms with Crippen LogP contribution in [0.2, 0.25) is 0 Å². The molecule has 4 nitrogen and oxygen atoms in total. The summed E-state index contributed by atoms with van der Waals surface area (Å²) in [6.45, 7) is 0. The molecule has 3 heterocycles. The first kappa shape index (κ1) is 25.9. The Morgan fingerprint density at radius 2 is 0.979 bits per heavy atom. The Labute approximate surface area is 270 Å². The minimum Gasteiger partial charge on any atom is -0.436 e. The lowest BCUT2D eigenvalue weighted by molar-refractivity contribution is 0.620. The maximum Gasteiger partial charge on any atom is 0.227 e. The molecule has 0 fully saturated rings. The average Bonchev–Trinajstić information content (AvgIpc) is 3.82. The molecule has 0 atom stereocenters. The number of aromatic nitrogens is 3. The summed E-state index contributed by atoms with van der Waals surface area (Å²) in [6.07, 6.45) is 0. The molecule has 3 aromatic heterocycles. The number of hydrogen-bond donors (Lipinski definition) is 0. The van der Waals surface area contributed by atoms with Crippen LogP contribution in [0.4, 0.5) is 0 Å². The molecule has 0 saturated carbocycles. The zero-order valence-electron chi connectivity index (χ0n) is 25.3. The molecule has 0 radical (unpaired) electrons. The Morgan fingerprint density at radius 3 is 1.74 bits per heavy atom. The molecule has 0 spiro atoms. The van der Waals surface area contributed by atoms with Crippen molar-refractivity contribution in [3.8, 4) is 34.0 Å². The summed E-state index contributed by atoms with van der Waals surface area (Å²) in [5, 5.41) is 4.99. The molecular weight excluding hydrogens is 574 g/mol. The van der Waals surface area contributed by atoms with Crippen LogP contribution >= 0.6 is 0 Å². The van der Waals surface area contributed by atoms with Crippen LogP contribution < -0.4 is 0 Å². The number of para-hydroxylation sites is 4. The standard InChI is InChI=1S/C43H27N3O/c1-3-11-28(12-4-1)30-21-24-37-34(27-30)42-39(46(37)32-22-19-29(20-23-32)43-44-35-16-8-10-18-40(35)47-43)26-25-38-41(42)33-15-7-9-17-36(33)45(38)31-13-5-2-6-14-31/h1-27H.